The Morgan fingerprint density at radius 1 is 1.09 bits per heavy atom. The van der Waals surface area contributed by atoms with E-state index in [1.807, 2.05) is 36.2 Å². The highest BCUT2D eigenvalue weighted by Gasteiger charge is 2.32. The predicted octanol–water partition coefficient (Wildman–Crippen LogP) is 5.31. The van der Waals surface area contributed by atoms with E-state index < -0.39 is 0 Å². The van der Waals surface area contributed by atoms with Gasteiger partial charge in [-0.25, -0.2) is 15.0 Å². The summed E-state index contributed by atoms with van der Waals surface area (Å²) < 4.78 is 1.09. The molecule has 6 rings (SSSR count). The van der Waals surface area contributed by atoms with Gasteiger partial charge in [-0.15, -0.1) is 11.3 Å². The van der Waals surface area contributed by atoms with Crippen LogP contribution in [0.4, 0.5) is 11.6 Å². The van der Waals surface area contributed by atoms with Crippen LogP contribution in [0.5, 0.6) is 0 Å². The second kappa shape index (κ2) is 8.40. The van der Waals surface area contributed by atoms with Crippen LogP contribution in [0.3, 0.4) is 0 Å². The smallest absolute Gasteiger partial charge is 0.147 e. The topological polar surface area (TPSA) is 66.8 Å². The number of nitrogens with one attached hydrogen (secondary N) is 1. The minimum Gasteiger partial charge on any atom is -0.363 e. The summed E-state index contributed by atoms with van der Waals surface area (Å²) >= 11 is 3.77. The van der Waals surface area contributed by atoms with Gasteiger partial charge in [0.2, 0.25) is 0 Å². The number of aromatic nitrogens is 4. The zero-order valence-corrected chi connectivity index (χ0v) is 20.7. The number of hydrogen-bond donors (Lipinski definition) is 1. The molecule has 33 heavy (non-hydrogen) atoms. The fourth-order valence-corrected chi connectivity index (χ4v) is 7.05. The number of thioether (sulfide) groups is 1. The first kappa shape index (κ1) is 21.1. The molecule has 0 aromatic carbocycles. The molecule has 0 radical (unpaired) electrons. The van der Waals surface area contributed by atoms with Crippen LogP contribution in [0.2, 0.25) is 0 Å². The number of pyridine rings is 2. The summed E-state index contributed by atoms with van der Waals surface area (Å²) in [5.41, 5.74) is 5.24. The number of thiophene rings is 1. The third-order valence-electron chi connectivity index (χ3n) is 6.78. The van der Waals surface area contributed by atoms with E-state index in [2.05, 4.69) is 34.0 Å². The SMILES string of the molecule is CC1(C)CCc2c(N3CCSCC3)nc3sc4c(NCc5ccccn5)ncnc4c3c2C1. The van der Waals surface area contributed by atoms with Crippen LogP contribution in [0.15, 0.2) is 30.7 Å². The van der Waals surface area contributed by atoms with E-state index in [-0.39, 0.29) is 5.41 Å². The number of fused-ring (bicyclic) bond motifs is 5. The van der Waals surface area contributed by atoms with E-state index in [0.717, 1.165) is 52.5 Å². The normalized spacial score (nSPS) is 17.9. The second-order valence-electron chi connectivity index (χ2n) is 9.69. The molecule has 0 spiro atoms. The van der Waals surface area contributed by atoms with Crippen molar-refractivity contribution in [3.05, 3.63) is 47.5 Å². The van der Waals surface area contributed by atoms with Crippen molar-refractivity contribution in [3.8, 4) is 0 Å². The third kappa shape index (κ3) is 3.93. The largest absolute Gasteiger partial charge is 0.363 e. The highest BCUT2D eigenvalue weighted by molar-refractivity contribution is 7.99. The highest BCUT2D eigenvalue weighted by Crippen LogP contribution is 2.46. The van der Waals surface area contributed by atoms with E-state index in [1.165, 1.54) is 40.3 Å². The lowest BCUT2D eigenvalue weighted by Crippen LogP contribution is -2.35. The van der Waals surface area contributed by atoms with Gasteiger partial charge in [-0.05, 0) is 47.9 Å². The maximum absolute atomic E-state index is 5.28. The van der Waals surface area contributed by atoms with Crippen LogP contribution >= 0.6 is 23.1 Å². The zero-order chi connectivity index (χ0) is 22.4. The summed E-state index contributed by atoms with van der Waals surface area (Å²) in [4.78, 5) is 22.7. The molecule has 6 nitrogen and oxygen atoms in total. The second-order valence-corrected chi connectivity index (χ2v) is 11.9. The maximum Gasteiger partial charge on any atom is 0.147 e. The minimum absolute atomic E-state index is 0.289. The minimum atomic E-state index is 0.289. The van der Waals surface area contributed by atoms with Crippen molar-refractivity contribution in [3.63, 3.8) is 0 Å². The van der Waals surface area contributed by atoms with Crippen molar-refractivity contribution >= 4 is 55.2 Å². The van der Waals surface area contributed by atoms with E-state index in [1.54, 1.807) is 17.7 Å². The van der Waals surface area contributed by atoms with Crippen molar-refractivity contribution in [2.24, 2.45) is 5.41 Å². The molecule has 170 valence electrons. The molecule has 0 atom stereocenters. The standard InChI is InChI=1S/C25H28N6S2/c1-25(2)7-6-17-18(13-25)19-20-21(33-24(19)30-23(17)31-9-11-32-12-10-31)22(29-15-28-20)27-14-16-5-3-4-8-26-16/h3-5,8,15H,6-7,9-14H2,1-2H3,(H,27,28,29). The van der Waals surface area contributed by atoms with Crippen LogP contribution in [0.25, 0.3) is 20.4 Å². The Morgan fingerprint density at radius 3 is 2.79 bits per heavy atom. The Bertz CT molecular complexity index is 1310. The summed E-state index contributed by atoms with van der Waals surface area (Å²) in [6.45, 7) is 7.59. The first-order chi connectivity index (χ1) is 16.1. The maximum atomic E-state index is 5.28. The summed E-state index contributed by atoms with van der Waals surface area (Å²) in [7, 11) is 0. The molecule has 0 bridgehead atoms. The quantitative estimate of drug-likeness (QED) is 0.428. The molecule has 1 aliphatic carbocycles. The Kier molecular flexibility index (Phi) is 5.37. The fourth-order valence-electron chi connectivity index (χ4n) is 5.03. The third-order valence-corrected chi connectivity index (χ3v) is 8.80. The molecule has 1 aliphatic heterocycles. The van der Waals surface area contributed by atoms with Gasteiger partial charge in [0.25, 0.3) is 0 Å². The highest BCUT2D eigenvalue weighted by atomic mass is 32.2. The first-order valence-electron chi connectivity index (χ1n) is 11.6. The van der Waals surface area contributed by atoms with Crippen molar-refractivity contribution in [1.29, 1.82) is 0 Å². The first-order valence-corrected chi connectivity index (χ1v) is 13.6. The molecule has 1 fully saturated rings. The number of rotatable bonds is 4. The van der Waals surface area contributed by atoms with Gasteiger partial charge in [0, 0.05) is 36.2 Å². The molecular weight excluding hydrogens is 448 g/mol. The van der Waals surface area contributed by atoms with Crippen molar-refractivity contribution < 1.29 is 0 Å². The van der Waals surface area contributed by atoms with E-state index in [0.29, 0.717) is 6.54 Å². The van der Waals surface area contributed by atoms with Gasteiger partial charge in [0.1, 0.15) is 22.8 Å². The van der Waals surface area contributed by atoms with Crippen molar-refractivity contribution in [2.45, 2.75) is 39.7 Å². The summed E-state index contributed by atoms with van der Waals surface area (Å²) in [5, 5.41) is 4.74. The van der Waals surface area contributed by atoms with Crippen molar-refractivity contribution in [1.82, 2.24) is 19.9 Å². The number of hydrogen-bond acceptors (Lipinski definition) is 8. The van der Waals surface area contributed by atoms with Gasteiger partial charge in [-0.1, -0.05) is 19.9 Å². The molecule has 1 N–H and O–H groups in total. The predicted molar refractivity (Wildman–Crippen MR) is 140 cm³/mol. The Labute approximate surface area is 202 Å². The van der Waals surface area contributed by atoms with Crippen LogP contribution in [-0.4, -0.2) is 44.5 Å². The van der Waals surface area contributed by atoms with Gasteiger partial charge in [-0.3, -0.25) is 4.98 Å². The van der Waals surface area contributed by atoms with E-state index in [4.69, 9.17) is 9.97 Å². The van der Waals surface area contributed by atoms with Gasteiger partial charge < -0.3 is 10.2 Å². The van der Waals surface area contributed by atoms with Crippen LogP contribution in [0, 0.1) is 5.41 Å². The molecule has 4 aromatic heterocycles. The molecule has 0 unspecified atom stereocenters. The molecule has 4 aromatic rings. The van der Waals surface area contributed by atoms with Gasteiger partial charge in [0.15, 0.2) is 0 Å². The lowest BCUT2D eigenvalue weighted by Gasteiger charge is -2.36. The average Bonchev–Trinajstić information content (AvgIpc) is 3.22. The molecule has 2 aliphatic rings. The van der Waals surface area contributed by atoms with Gasteiger partial charge in [0.05, 0.1) is 22.5 Å². The van der Waals surface area contributed by atoms with Crippen LogP contribution in [0.1, 0.15) is 37.1 Å². The Morgan fingerprint density at radius 2 is 1.97 bits per heavy atom. The molecule has 0 amide bonds. The number of anilines is 2. The van der Waals surface area contributed by atoms with E-state index >= 15 is 0 Å². The summed E-state index contributed by atoms with van der Waals surface area (Å²) in [5.74, 6) is 4.45. The summed E-state index contributed by atoms with van der Waals surface area (Å²) in [6.07, 6.45) is 6.88. The van der Waals surface area contributed by atoms with Crippen LogP contribution < -0.4 is 10.2 Å². The zero-order valence-electron chi connectivity index (χ0n) is 19.1. The van der Waals surface area contributed by atoms with Gasteiger partial charge >= 0.3 is 0 Å². The van der Waals surface area contributed by atoms with Crippen molar-refractivity contribution in [2.75, 3.05) is 34.8 Å². The van der Waals surface area contributed by atoms with E-state index in [9.17, 15) is 0 Å². The molecular formula is C25H28N6S2. The fraction of sp³-hybridized carbons (Fsp3) is 0.440. The molecule has 0 saturated carbocycles. The lowest BCUT2D eigenvalue weighted by atomic mass is 9.73. The Balaban J connectivity index is 1.50. The summed E-state index contributed by atoms with van der Waals surface area (Å²) in [6, 6.07) is 5.98. The molecule has 8 heteroatoms. The molecule has 1 saturated heterocycles. The number of nitrogens with zero attached hydrogens (tertiary/aromatic N) is 5. The van der Waals surface area contributed by atoms with Gasteiger partial charge in [-0.2, -0.15) is 11.8 Å². The Hall–Kier alpha value is -2.45. The average molecular weight is 477 g/mol. The lowest BCUT2D eigenvalue weighted by molar-refractivity contribution is 0.316. The monoisotopic (exact) mass is 476 g/mol. The molecule has 5 heterocycles. The van der Waals surface area contributed by atoms with Crippen LogP contribution in [-0.2, 0) is 19.4 Å².